The number of nitrogens with zero attached hydrogens (tertiary/aromatic N) is 1. The summed E-state index contributed by atoms with van der Waals surface area (Å²) in [6, 6.07) is 9.66. The molecule has 5 rings (SSSR count). The number of nitrogens with one attached hydrogen (secondary N) is 1. The highest BCUT2D eigenvalue weighted by Crippen LogP contribution is 2.46. The molecule has 1 spiro atoms. The Hall–Kier alpha value is -1.76. The van der Waals surface area contributed by atoms with Gasteiger partial charge in [0.2, 0.25) is 5.91 Å². The van der Waals surface area contributed by atoms with Gasteiger partial charge in [-0.15, -0.1) is 11.3 Å². The second kappa shape index (κ2) is 10.1. The van der Waals surface area contributed by atoms with Crippen molar-refractivity contribution < 1.29 is 13.9 Å². The third-order valence-corrected chi connectivity index (χ3v) is 9.44. The number of piperidine rings is 1. The van der Waals surface area contributed by atoms with E-state index in [4.69, 9.17) is 4.74 Å². The molecule has 2 aromatic rings. The molecule has 184 valence electrons. The number of fused-ring (bicyclic) bond motifs is 2. The van der Waals surface area contributed by atoms with Gasteiger partial charge in [-0.05, 0) is 80.7 Å². The third kappa shape index (κ3) is 5.09. The van der Waals surface area contributed by atoms with E-state index in [1.54, 1.807) is 17.0 Å². The molecular weight excluding hydrogens is 447 g/mol. The van der Waals surface area contributed by atoms with E-state index >= 15 is 0 Å². The van der Waals surface area contributed by atoms with Crippen LogP contribution in [0.15, 0.2) is 30.3 Å². The van der Waals surface area contributed by atoms with Crippen LogP contribution in [0.3, 0.4) is 0 Å². The monoisotopic (exact) mass is 484 g/mol. The molecule has 1 saturated carbocycles. The van der Waals surface area contributed by atoms with E-state index in [1.807, 2.05) is 11.3 Å². The van der Waals surface area contributed by atoms with Crippen LogP contribution in [0.4, 0.5) is 4.39 Å². The predicted octanol–water partition coefficient (Wildman–Crippen LogP) is 5.23. The molecule has 4 nitrogen and oxygen atoms in total. The molecule has 3 aliphatic rings. The lowest BCUT2D eigenvalue weighted by Crippen LogP contribution is -2.54. The molecule has 1 saturated heterocycles. The molecule has 0 unspecified atom stereocenters. The normalized spacial score (nSPS) is 29.0. The molecule has 1 aliphatic carbocycles. The number of carbonyl (C=O) groups excluding carboxylic acids is 1. The van der Waals surface area contributed by atoms with E-state index < -0.39 is 0 Å². The zero-order valence-corrected chi connectivity index (χ0v) is 21.3. The minimum Gasteiger partial charge on any atom is -0.370 e. The minimum atomic E-state index is -0.236. The number of hydrogen-bond acceptors (Lipinski definition) is 4. The van der Waals surface area contributed by atoms with Gasteiger partial charge in [-0.1, -0.05) is 19.1 Å². The molecule has 2 aliphatic heterocycles. The van der Waals surface area contributed by atoms with Crippen molar-refractivity contribution in [2.75, 3.05) is 19.7 Å². The average molecular weight is 485 g/mol. The topological polar surface area (TPSA) is 41.6 Å². The zero-order valence-electron chi connectivity index (χ0n) is 20.4. The number of benzene rings is 1. The van der Waals surface area contributed by atoms with Crippen molar-refractivity contribution in [1.29, 1.82) is 0 Å². The summed E-state index contributed by atoms with van der Waals surface area (Å²) in [5.41, 5.74) is 2.41. The first-order chi connectivity index (χ1) is 16.4. The Morgan fingerprint density at radius 1 is 1.29 bits per heavy atom. The summed E-state index contributed by atoms with van der Waals surface area (Å²) >= 11 is 1.99. The Bertz CT molecular complexity index is 1000. The predicted molar refractivity (Wildman–Crippen MR) is 135 cm³/mol. The number of likely N-dealkylation sites (tertiary alicyclic amines) is 1. The molecule has 1 aromatic heterocycles. The lowest BCUT2D eigenvalue weighted by Gasteiger charge is -2.49. The number of carbonyl (C=O) groups is 1. The maximum absolute atomic E-state index is 13.0. The van der Waals surface area contributed by atoms with Gasteiger partial charge in [0.1, 0.15) is 5.82 Å². The highest BCUT2D eigenvalue weighted by atomic mass is 32.1. The van der Waals surface area contributed by atoms with Crippen LogP contribution in [0.2, 0.25) is 0 Å². The van der Waals surface area contributed by atoms with Gasteiger partial charge in [-0.25, -0.2) is 4.39 Å². The summed E-state index contributed by atoms with van der Waals surface area (Å²) in [4.78, 5) is 18.0. The van der Waals surface area contributed by atoms with E-state index in [-0.39, 0.29) is 17.3 Å². The second-order valence-electron chi connectivity index (χ2n) is 10.5. The first-order valence-electron chi connectivity index (χ1n) is 13.0. The van der Waals surface area contributed by atoms with Crippen LogP contribution in [-0.4, -0.2) is 42.6 Å². The number of halogens is 1. The molecule has 0 bridgehead atoms. The largest absolute Gasteiger partial charge is 0.370 e. The van der Waals surface area contributed by atoms with E-state index in [1.165, 1.54) is 22.6 Å². The number of amides is 1. The smallest absolute Gasteiger partial charge is 0.220 e. The van der Waals surface area contributed by atoms with Crippen molar-refractivity contribution in [2.45, 2.75) is 82.9 Å². The highest BCUT2D eigenvalue weighted by Gasteiger charge is 2.45. The lowest BCUT2D eigenvalue weighted by atomic mass is 9.76. The molecule has 2 fully saturated rings. The average Bonchev–Trinajstić information content (AvgIpc) is 3.24. The van der Waals surface area contributed by atoms with Crippen LogP contribution in [0.1, 0.15) is 66.8 Å². The minimum absolute atomic E-state index is 0.0753. The molecule has 1 aromatic carbocycles. The van der Waals surface area contributed by atoms with E-state index in [0.717, 1.165) is 63.8 Å². The van der Waals surface area contributed by atoms with Crippen molar-refractivity contribution in [2.24, 2.45) is 5.92 Å². The molecule has 1 N–H and O–H groups in total. The first kappa shape index (κ1) is 24.0. The van der Waals surface area contributed by atoms with Crippen LogP contribution >= 0.6 is 11.3 Å². The van der Waals surface area contributed by atoms with Gasteiger partial charge in [0.25, 0.3) is 0 Å². The summed E-state index contributed by atoms with van der Waals surface area (Å²) in [6.07, 6.45) is 7.60. The van der Waals surface area contributed by atoms with E-state index in [9.17, 15) is 9.18 Å². The summed E-state index contributed by atoms with van der Waals surface area (Å²) in [6.45, 7) is 7.67. The van der Waals surface area contributed by atoms with Gasteiger partial charge in [0, 0.05) is 47.8 Å². The van der Waals surface area contributed by atoms with Crippen molar-refractivity contribution in [3.8, 4) is 0 Å². The standard InChI is InChI=1S/C28H37FN2O2S/c1-3-24-16-25-26(34-24)10-13-33-28(25)11-12-31(19(2)17-28)18-21-14-23(15-21)30-27(32)9-6-20-4-7-22(29)8-5-20/h4-5,7-8,16,19,21,23H,3,6,9-15,17-18H2,1-2H3,(H,30,32)/t19-,21-,23+,28+/m0/s1. The van der Waals surface area contributed by atoms with Crippen LogP contribution in [0, 0.1) is 11.7 Å². The maximum Gasteiger partial charge on any atom is 0.220 e. The number of ether oxygens (including phenoxy) is 1. The zero-order chi connectivity index (χ0) is 23.7. The van der Waals surface area contributed by atoms with Crippen LogP contribution in [-0.2, 0) is 34.4 Å². The third-order valence-electron chi connectivity index (χ3n) is 8.11. The van der Waals surface area contributed by atoms with Crippen LogP contribution in [0.25, 0.3) is 0 Å². The molecular formula is C28H37FN2O2S. The van der Waals surface area contributed by atoms with Crippen molar-refractivity contribution in [1.82, 2.24) is 10.2 Å². The SMILES string of the molecule is CCc1cc2c(s1)CCO[C@@]21CCN(C[C@H]2C[C@@H](NC(=O)CCc3ccc(F)cc3)C2)[C@@H](C)C1. The Balaban J connectivity index is 1.06. The molecule has 1 amide bonds. The van der Waals surface area contributed by atoms with E-state index in [2.05, 4.69) is 30.1 Å². The van der Waals surface area contributed by atoms with Gasteiger partial charge in [-0.2, -0.15) is 0 Å². The number of hydrogen-bond donors (Lipinski definition) is 1. The van der Waals surface area contributed by atoms with Gasteiger partial charge in [-0.3, -0.25) is 4.79 Å². The van der Waals surface area contributed by atoms with Gasteiger partial charge in [0.15, 0.2) is 0 Å². The summed E-state index contributed by atoms with van der Waals surface area (Å²) in [5, 5.41) is 3.19. The Labute approximate surface area is 206 Å². The molecule has 2 atom stereocenters. The summed E-state index contributed by atoms with van der Waals surface area (Å²) in [7, 11) is 0. The van der Waals surface area contributed by atoms with Crippen LogP contribution in [0.5, 0.6) is 0 Å². The fourth-order valence-electron chi connectivity index (χ4n) is 6.09. The van der Waals surface area contributed by atoms with Crippen molar-refractivity contribution >= 4 is 17.2 Å². The molecule has 34 heavy (non-hydrogen) atoms. The number of thiophene rings is 1. The van der Waals surface area contributed by atoms with Gasteiger partial charge in [0.05, 0.1) is 12.2 Å². The second-order valence-corrected chi connectivity index (χ2v) is 11.7. The van der Waals surface area contributed by atoms with Crippen LogP contribution < -0.4 is 5.32 Å². The van der Waals surface area contributed by atoms with Crippen molar-refractivity contribution in [3.63, 3.8) is 0 Å². The number of aryl methyl sites for hydroxylation is 2. The van der Waals surface area contributed by atoms with Gasteiger partial charge < -0.3 is 15.0 Å². The molecule has 3 heterocycles. The Morgan fingerprint density at radius 2 is 2.09 bits per heavy atom. The molecule has 6 heteroatoms. The fraction of sp³-hybridized carbons (Fsp3) is 0.607. The Morgan fingerprint density at radius 3 is 2.82 bits per heavy atom. The molecule has 0 radical (unpaired) electrons. The Kier molecular flexibility index (Phi) is 7.10. The maximum atomic E-state index is 13.0. The number of rotatable bonds is 7. The lowest BCUT2D eigenvalue weighted by molar-refractivity contribution is -0.123. The summed E-state index contributed by atoms with van der Waals surface area (Å²) in [5.74, 6) is 0.531. The summed E-state index contributed by atoms with van der Waals surface area (Å²) < 4.78 is 19.5. The van der Waals surface area contributed by atoms with E-state index in [0.29, 0.717) is 30.8 Å². The van der Waals surface area contributed by atoms with Crippen molar-refractivity contribution in [3.05, 3.63) is 57.0 Å². The quantitative estimate of drug-likeness (QED) is 0.585. The highest BCUT2D eigenvalue weighted by molar-refractivity contribution is 7.12. The first-order valence-corrected chi connectivity index (χ1v) is 13.8. The van der Waals surface area contributed by atoms with Gasteiger partial charge >= 0.3 is 0 Å². The fourth-order valence-corrected chi connectivity index (χ4v) is 7.27.